The number of halogens is 1. The highest BCUT2D eigenvalue weighted by Gasteiger charge is 2.26. The minimum Gasteiger partial charge on any atom is -0.352 e. The van der Waals surface area contributed by atoms with E-state index < -0.39 is 10.0 Å². The van der Waals surface area contributed by atoms with E-state index in [0.29, 0.717) is 25.6 Å². The van der Waals surface area contributed by atoms with Crippen LogP contribution in [0.2, 0.25) is 5.02 Å². The average molecular weight is 373 g/mol. The van der Waals surface area contributed by atoms with Crippen LogP contribution in [0.5, 0.6) is 0 Å². The molecule has 0 aliphatic carbocycles. The lowest BCUT2D eigenvalue weighted by Gasteiger charge is -2.20. The molecule has 0 radical (unpaired) electrons. The molecule has 1 aromatic carbocycles. The van der Waals surface area contributed by atoms with Gasteiger partial charge in [-0.05, 0) is 37.0 Å². The molecular formula is C17H25ClN2O3S. The molecule has 0 aromatic heterocycles. The fraction of sp³-hybridized carbons (Fsp3) is 0.588. The lowest BCUT2D eigenvalue weighted by molar-refractivity contribution is 0.0949. The van der Waals surface area contributed by atoms with Gasteiger partial charge in [0.15, 0.2) is 0 Å². The summed E-state index contributed by atoms with van der Waals surface area (Å²) in [5.74, 6) is -0.0432. The van der Waals surface area contributed by atoms with Crippen molar-refractivity contribution in [1.82, 2.24) is 9.62 Å². The maximum Gasteiger partial charge on any atom is 0.252 e. The van der Waals surface area contributed by atoms with Gasteiger partial charge in [-0.2, -0.15) is 4.31 Å². The third-order valence-corrected chi connectivity index (χ3v) is 6.28. The number of carbonyl (C=O) groups is 1. The first-order chi connectivity index (χ1) is 11.3. The zero-order valence-corrected chi connectivity index (χ0v) is 15.8. The van der Waals surface area contributed by atoms with Gasteiger partial charge >= 0.3 is 0 Å². The smallest absolute Gasteiger partial charge is 0.252 e. The molecule has 0 spiro atoms. The molecule has 1 heterocycles. The van der Waals surface area contributed by atoms with E-state index in [1.807, 2.05) is 13.8 Å². The van der Waals surface area contributed by atoms with E-state index in [4.69, 9.17) is 11.6 Å². The van der Waals surface area contributed by atoms with Gasteiger partial charge in [0, 0.05) is 19.6 Å². The van der Waals surface area contributed by atoms with Crippen molar-refractivity contribution >= 4 is 27.5 Å². The van der Waals surface area contributed by atoms with Crippen LogP contribution >= 0.6 is 11.6 Å². The van der Waals surface area contributed by atoms with Crippen LogP contribution < -0.4 is 5.32 Å². The Morgan fingerprint density at radius 2 is 1.83 bits per heavy atom. The van der Waals surface area contributed by atoms with Crippen molar-refractivity contribution in [1.29, 1.82) is 0 Å². The Bertz CT molecular complexity index is 681. The number of nitrogens with zero attached hydrogens (tertiary/aromatic N) is 1. The molecule has 0 unspecified atom stereocenters. The second kappa shape index (κ2) is 8.32. The Balaban J connectivity index is 2.27. The molecule has 1 amide bonds. The number of hydrogen-bond acceptors (Lipinski definition) is 3. The molecule has 7 heteroatoms. The Hall–Kier alpha value is -1.11. The number of carbonyl (C=O) groups excluding carboxylic acids is 1. The van der Waals surface area contributed by atoms with Gasteiger partial charge in [-0.15, -0.1) is 0 Å². The fourth-order valence-electron chi connectivity index (χ4n) is 2.66. The number of rotatable bonds is 5. The number of hydrogen-bond donors (Lipinski definition) is 1. The molecule has 24 heavy (non-hydrogen) atoms. The first-order valence-electron chi connectivity index (χ1n) is 8.40. The van der Waals surface area contributed by atoms with Crippen LogP contribution in [-0.2, 0) is 10.0 Å². The topological polar surface area (TPSA) is 66.5 Å². The molecule has 1 aliphatic rings. The normalized spacial score (nSPS) is 16.8. The molecule has 5 nitrogen and oxygen atoms in total. The summed E-state index contributed by atoms with van der Waals surface area (Å²) in [7, 11) is -3.59. The van der Waals surface area contributed by atoms with Gasteiger partial charge in [-0.25, -0.2) is 8.42 Å². The van der Waals surface area contributed by atoms with Gasteiger partial charge in [0.25, 0.3) is 5.91 Å². The average Bonchev–Trinajstić information content (AvgIpc) is 2.82. The van der Waals surface area contributed by atoms with E-state index in [-0.39, 0.29) is 21.4 Å². The van der Waals surface area contributed by atoms with Crippen molar-refractivity contribution in [2.45, 2.75) is 44.4 Å². The summed E-state index contributed by atoms with van der Waals surface area (Å²) < 4.78 is 27.2. The lowest BCUT2D eigenvalue weighted by atomic mass is 10.2. The van der Waals surface area contributed by atoms with Crippen molar-refractivity contribution in [3.05, 3.63) is 28.8 Å². The summed E-state index contributed by atoms with van der Waals surface area (Å²) in [6, 6.07) is 4.34. The van der Waals surface area contributed by atoms with Crippen molar-refractivity contribution in [2.24, 2.45) is 5.92 Å². The summed E-state index contributed by atoms with van der Waals surface area (Å²) in [4.78, 5) is 12.4. The molecule has 1 aliphatic heterocycles. The highest BCUT2D eigenvalue weighted by molar-refractivity contribution is 7.89. The van der Waals surface area contributed by atoms with E-state index in [2.05, 4.69) is 5.32 Å². The van der Waals surface area contributed by atoms with Crippen molar-refractivity contribution in [3.63, 3.8) is 0 Å². The molecule has 1 aromatic rings. The second-order valence-electron chi connectivity index (χ2n) is 6.56. The predicted molar refractivity (Wildman–Crippen MR) is 95.9 cm³/mol. The summed E-state index contributed by atoms with van der Waals surface area (Å²) in [6.45, 7) is 5.54. The highest BCUT2D eigenvalue weighted by atomic mass is 35.5. The van der Waals surface area contributed by atoms with Crippen molar-refractivity contribution in [3.8, 4) is 0 Å². The zero-order chi connectivity index (χ0) is 17.7. The Morgan fingerprint density at radius 3 is 2.42 bits per heavy atom. The monoisotopic (exact) mass is 372 g/mol. The van der Waals surface area contributed by atoms with Gasteiger partial charge in [-0.1, -0.05) is 38.3 Å². The van der Waals surface area contributed by atoms with E-state index in [1.54, 1.807) is 0 Å². The molecule has 1 fully saturated rings. The molecule has 1 saturated heterocycles. The van der Waals surface area contributed by atoms with Gasteiger partial charge in [-0.3, -0.25) is 4.79 Å². The maximum absolute atomic E-state index is 12.8. The Labute approximate surface area is 149 Å². The summed E-state index contributed by atoms with van der Waals surface area (Å²) in [5.41, 5.74) is 0.202. The zero-order valence-electron chi connectivity index (χ0n) is 14.2. The third-order valence-electron chi connectivity index (χ3n) is 4.06. The van der Waals surface area contributed by atoms with Crippen LogP contribution in [0.15, 0.2) is 23.1 Å². The molecule has 1 N–H and O–H groups in total. The molecule has 2 rings (SSSR count). The summed E-state index contributed by atoms with van der Waals surface area (Å²) in [5, 5.41) is 3.03. The number of amides is 1. The van der Waals surface area contributed by atoms with Gasteiger partial charge in [0.2, 0.25) is 10.0 Å². The first-order valence-corrected chi connectivity index (χ1v) is 10.2. The quantitative estimate of drug-likeness (QED) is 0.862. The second-order valence-corrected chi connectivity index (χ2v) is 8.91. The van der Waals surface area contributed by atoms with Crippen molar-refractivity contribution < 1.29 is 13.2 Å². The SMILES string of the molecule is CC(C)CNC(=O)c1cc(S(=O)(=O)N2CCCCCC2)ccc1Cl. The van der Waals surface area contributed by atoms with Gasteiger partial charge in [0.1, 0.15) is 0 Å². The number of benzene rings is 1. The molecule has 0 atom stereocenters. The van der Waals surface area contributed by atoms with E-state index >= 15 is 0 Å². The summed E-state index contributed by atoms with van der Waals surface area (Å²) >= 11 is 6.10. The Morgan fingerprint density at radius 1 is 1.21 bits per heavy atom. The molecular weight excluding hydrogens is 348 g/mol. The highest BCUT2D eigenvalue weighted by Crippen LogP contribution is 2.25. The van der Waals surface area contributed by atoms with E-state index in [9.17, 15) is 13.2 Å². The van der Waals surface area contributed by atoms with Gasteiger partial charge < -0.3 is 5.32 Å². The third kappa shape index (κ3) is 4.71. The number of nitrogens with one attached hydrogen (secondary N) is 1. The minimum absolute atomic E-state index is 0.128. The summed E-state index contributed by atoms with van der Waals surface area (Å²) in [6.07, 6.45) is 3.84. The maximum atomic E-state index is 12.8. The van der Waals surface area contributed by atoms with Crippen LogP contribution in [0, 0.1) is 5.92 Å². The first kappa shape index (κ1) is 19.2. The van der Waals surface area contributed by atoms with E-state index in [1.165, 1.54) is 22.5 Å². The van der Waals surface area contributed by atoms with Gasteiger partial charge in [0.05, 0.1) is 15.5 Å². The minimum atomic E-state index is -3.59. The van der Waals surface area contributed by atoms with Crippen LogP contribution in [0.25, 0.3) is 0 Å². The standard InChI is InChI=1S/C17H25ClN2O3S/c1-13(2)12-19-17(21)15-11-14(7-8-16(15)18)24(22,23)20-9-5-3-4-6-10-20/h7-8,11,13H,3-6,9-10,12H2,1-2H3,(H,19,21). The Kier molecular flexibility index (Phi) is 6.66. The van der Waals surface area contributed by atoms with Crippen molar-refractivity contribution in [2.75, 3.05) is 19.6 Å². The van der Waals surface area contributed by atoms with Crippen LogP contribution in [0.1, 0.15) is 49.9 Å². The van der Waals surface area contributed by atoms with E-state index in [0.717, 1.165) is 25.7 Å². The largest absolute Gasteiger partial charge is 0.352 e. The van der Waals surface area contributed by atoms with Crippen LogP contribution in [-0.4, -0.2) is 38.3 Å². The molecule has 0 saturated carbocycles. The number of sulfonamides is 1. The van der Waals surface area contributed by atoms with Crippen LogP contribution in [0.3, 0.4) is 0 Å². The van der Waals surface area contributed by atoms with Crippen LogP contribution in [0.4, 0.5) is 0 Å². The lowest BCUT2D eigenvalue weighted by Crippen LogP contribution is -2.32. The predicted octanol–water partition coefficient (Wildman–Crippen LogP) is 3.29. The molecule has 134 valence electrons. The fourth-order valence-corrected chi connectivity index (χ4v) is 4.41. The molecule has 0 bridgehead atoms.